The molecule has 118 valence electrons. The molecule has 0 radical (unpaired) electrons. The van der Waals surface area contributed by atoms with Gasteiger partial charge in [0.05, 0.1) is 0 Å². The van der Waals surface area contributed by atoms with Crippen molar-refractivity contribution in [3.8, 4) is 0 Å². The minimum Gasteiger partial charge on any atom is -0.372 e. The molecule has 0 atom stereocenters. The molecule has 23 heavy (non-hydrogen) atoms. The standard InChI is InChI=1S/C20H20FNO/c21-18-9-7-17(8-10-18)20(23)13-6-16-4-11-19(12-5-16)22-14-2-1-3-15-22/h4-13H,1-3,14-15H2/b13-6+. The lowest BCUT2D eigenvalue weighted by atomic mass is 10.1. The SMILES string of the molecule is O=C(/C=C/c1ccc(N2CCCCC2)cc1)c1ccc(F)cc1. The number of nitrogens with zero attached hydrogens (tertiary/aromatic N) is 1. The molecule has 1 fully saturated rings. The van der Waals surface area contributed by atoms with Gasteiger partial charge in [-0.1, -0.05) is 18.2 Å². The van der Waals surface area contributed by atoms with Gasteiger partial charge in [-0.05, 0) is 67.3 Å². The van der Waals surface area contributed by atoms with Crippen molar-refractivity contribution in [2.45, 2.75) is 19.3 Å². The predicted molar refractivity (Wildman–Crippen MR) is 92.3 cm³/mol. The number of ketones is 1. The van der Waals surface area contributed by atoms with Crippen LogP contribution in [0, 0.1) is 5.82 Å². The van der Waals surface area contributed by atoms with E-state index in [9.17, 15) is 9.18 Å². The van der Waals surface area contributed by atoms with Crippen LogP contribution in [0.15, 0.2) is 54.6 Å². The Labute approximate surface area is 136 Å². The lowest BCUT2D eigenvalue weighted by molar-refractivity contribution is 0.104. The minimum atomic E-state index is -0.334. The van der Waals surface area contributed by atoms with Gasteiger partial charge in [0.15, 0.2) is 5.78 Å². The maximum atomic E-state index is 12.9. The summed E-state index contributed by atoms with van der Waals surface area (Å²) in [5.41, 5.74) is 2.72. The van der Waals surface area contributed by atoms with E-state index in [0.717, 1.165) is 18.7 Å². The monoisotopic (exact) mass is 309 g/mol. The van der Waals surface area contributed by atoms with Gasteiger partial charge >= 0.3 is 0 Å². The first-order valence-corrected chi connectivity index (χ1v) is 8.05. The van der Waals surface area contributed by atoms with Crippen LogP contribution < -0.4 is 4.90 Å². The fraction of sp³-hybridized carbons (Fsp3) is 0.250. The van der Waals surface area contributed by atoms with Crippen LogP contribution in [-0.2, 0) is 0 Å². The summed E-state index contributed by atoms with van der Waals surface area (Å²) in [7, 11) is 0. The van der Waals surface area contributed by atoms with Gasteiger partial charge in [-0.3, -0.25) is 4.79 Å². The molecule has 1 saturated heterocycles. The largest absolute Gasteiger partial charge is 0.372 e. The van der Waals surface area contributed by atoms with Crippen LogP contribution in [0.2, 0.25) is 0 Å². The highest BCUT2D eigenvalue weighted by Crippen LogP contribution is 2.20. The molecule has 1 aliphatic heterocycles. The van der Waals surface area contributed by atoms with E-state index in [1.807, 2.05) is 12.1 Å². The number of allylic oxidation sites excluding steroid dienone is 1. The number of piperidine rings is 1. The zero-order valence-corrected chi connectivity index (χ0v) is 13.0. The first-order valence-electron chi connectivity index (χ1n) is 8.05. The topological polar surface area (TPSA) is 20.3 Å². The molecule has 1 heterocycles. The van der Waals surface area contributed by atoms with Crippen molar-refractivity contribution >= 4 is 17.5 Å². The van der Waals surface area contributed by atoms with E-state index >= 15 is 0 Å². The van der Waals surface area contributed by atoms with Crippen LogP contribution in [0.1, 0.15) is 35.2 Å². The van der Waals surface area contributed by atoms with E-state index in [1.54, 1.807) is 6.08 Å². The Balaban J connectivity index is 1.65. The number of hydrogen-bond acceptors (Lipinski definition) is 2. The molecule has 0 spiro atoms. The highest BCUT2D eigenvalue weighted by molar-refractivity contribution is 6.06. The zero-order valence-electron chi connectivity index (χ0n) is 13.0. The number of carbonyl (C=O) groups is 1. The summed E-state index contributed by atoms with van der Waals surface area (Å²) in [6.45, 7) is 2.25. The molecule has 2 aromatic carbocycles. The number of anilines is 1. The maximum absolute atomic E-state index is 12.9. The number of rotatable bonds is 4. The Bertz CT molecular complexity index is 683. The molecular weight excluding hydrogens is 289 g/mol. The van der Waals surface area contributed by atoms with E-state index < -0.39 is 0 Å². The van der Waals surface area contributed by atoms with Crippen molar-refractivity contribution in [1.82, 2.24) is 0 Å². The molecule has 2 aromatic rings. The lowest BCUT2D eigenvalue weighted by Gasteiger charge is -2.28. The molecule has 3 heteroatoms. The molecule has 0 N–H and O–H groups in total. The Hall–Kier alpha value is -2.42. The Morgan fingerprint density at radius 3 is 2.22 bits per heavy atom. The molecule has 0 saturated carbocycles. The van der Waals surface area contributed by atoms with Crippen LogP contribution in [-0.4, -0.2) is 18.9 Å². The summed E-state index contributed by atoms with van der Waals surface area (Å²) in [6.07, 6.45) is 7.17. The van der Waals surface area contributed by atoms with Crippen molar-refractivity contribution in [2.75, 3.05) is 18.0 Å². The number of hydrogen-bond donors (Lipinski definition) is 0. The molecule has 0 unspecified atom stereocenters. The second kappa shape index (κ2) is 7.23. The van der Waals surface area contributed by atoms with Gasteiger partial charge in [0.2, 0.25) is 0 Å². The smallest absolute Gasteiger partial charge is 0.185 e. The second-order valence-corrected chi connectivity index (χ2v) is 5.84. The van der Waals surface area contributed by atoms with E-state index in [2.05, 4.69) is 17.0 Å². The van der Waals surface area contributed by atoms with Crippen LogP contribution >= 0.6 is 0 Å². The van der Waals surface area contributed by atoms with Crippen LogP contribution in [0.25, 0.3) is 6.08 Å². The fourth-order valence-corrected chi connectivity index (χ4v) is 2.83. The zero-order chi connectivity index (χ0) is 16.1. The van der Waals surface area contributed by atoms with Gasteiger partial charge in [-0.2, -0.15) is 0 Å². The minimum absolute atomic E-state index is 0.120. The molecule has 0 amide bonds. The van der Waals surface area contributed by atoms with Crippen molar-refractivity contribution in [3.63, 3.8) is 0 Å². The van der Waals surface area contributed by atoms with Crippen molar-refractivity contribution in [1.29, 1.82) is 0 Å². The Morgan fingerprint density at radius 1 is 0.913 bits per heavy atom. The quantitative estimate of drug-likeness (QED) is 0.602. The van der Waals surface area contributed by atoms with Crippen LogP contribution in [0.4, 0.5) is 10.1 Å². The van der Waals surface area contributed by atoms with Crippen LogP contribution in [0.5, 0.6) is 0 Å². The highest BCUT2D eigenvalue weighted by atomic mass is 19.1. The third-order valence-electron chi connectivity index (χ3n) is 4.17. The Morgan fingerprint density at radius 2 is 1.57 bits per heavy atom. The summed E-state index contributed by atoms with van der Waals surface area (Å²) in [5.74, 6) is -0.455. The second-order valence-electron chi connectivity index (χ2n) is 5.84. The molecular formula is C20H20FNO. The first-order chi connectivity index (χ1) is 11.2. The lowest BCUT2D eigenvalue weighted by Crippen LogP contribution is -2.29. The summed E-state index contributed by atoms with van der Waals surface area (Å²) in [4.78, 5) is 14.4. The first kappa shape index (κ1) is 15.5. The van der Waals surface area contributed by atoms with Crippen molar-refractivity contribution in [3.05, 3.63) is 71.6 Å². The third kappa shape index (κ3) is 4.07. The predicted octanol–water partition coefficient (Wildman–Crippen LogP) is 4.71. The molecule has 0 aliphatic carbocycles. The summed E-state index contributed by atoms with van der Waals surface area (Å²) < 4.78 is 12.9. The third-order valence-corrected chi connectivity index (χ3v) is 4.17. The average Bonchev–Trinajstić information content (AvgIpc) is 2.61. The number of halogens is 1. The van der Waals surface area contributed by atoms with Gasteiger partial charge < -0.3 is 4.90 Å². The summed E-state index contributed by atoms with van der Waals surface area (Å²) in [6, 6.07) is 13.9. The molecule has 2 nitrogen and oxygen atoms in total. The molecule has 3 rings (SSSR count). The Kier molecular flexibility index (Phi) is 4.86. The summed E-state index contributed by atoms with van der Waals surface area (Å²) >= 11 is 0. The fourth-order valence-electron chi connectivity index (χ4n) is 2.83. The van der Waals surface area contributed by atoms with Crippen molar-refractivity contribution in [2.24, 2.45) is 0 Å². The van der Waals surface area contributed by atoms with E-state index in [4.69, 9.17) is 0 Å². The van der Waals surface area contributed by atoms with Gasteiger partial charge in [-0.25, -0.2) is 4.39 Å². The van der Waals surface area contributed by atoms with Gasteiger partial charge in [0, 0.05) is 24.3 Å². The molecule has 1 aliphatic rings. The number of carbonyl (C=O) groups excluding carboxylic acids is 1. The van der Waals surface area contributed by atoms with Gasteiger partial charge in [0.25, 0.3) is 0 Å². The average molecular weight is 309 g/mol. The van der Waals surface area contributed by atoms with E-state index in [1.165, 1.54) is 55.3 Å². The maximum Gasteiger partial charge on any atom is 0.185 e. The van der Waals surface area contributed by atoms with E-state index in [0.29, 0.717) is 5.56 Å². The molecule has 0 aromatic heterocycles. The van der Waals surface area contributed by atoms with Crippen LogP contribution in [0.3, 0.4) is 0 Å². The normalized spacial score (nSPS) is 15.1. The highest BCUT2D eigenvalue weighted by Gasteiger charge is 2.10. The van der Waals surface area contributed by atoms with Crippen molar-refractivity contribution < 1.29 is 9.18 Å². The summed E-state index contributed by atoms with van der Waals surface area (Å²) in [5, 5.41) is 0. The number of benzene rings is 2. The van der Waals surface area contributed by atoms with Gasteiger partial charge in [0.1, 0.15) is 5.82 Å². The molecule has 0 bridgehead atoms. The van der Waals surface area contributed by atoms with Gasteiger partial charge in [-0.15, -0.1) is 0 Å². The van der Waals surface area contributed by atoms with E-state index in [-0.39, 0.29) is 11.6 Å².